The minimum atomic E-state index is 0.901. The van der Waals surface area contributed by atoms with Gasteiger partial charge in [-0.05, 0) is 31.4 Å². The summed E-state index contributed by atoms with van der Waals surface area (Å²) < 4.78 is 5.32. The number of nitrogens with zero attached hydrogens (tertiary/aromatic N) is 1. The third-order valence-electron chi connectivity index (χ3n) is 2.98. The van der Waals surface area contributed by atoms with Crippen LogP contribution in [0.25, 0.3) is 0 Å². The van der Waals surface area contributed by atoms with E-state index < -0.39 is 0 Å². The largest absolute Gasteiger partial charge is 0.379 e. The zero-order valence-electron chi connectivity index (χ0n) is 9.77. The number of hydrogen-bond acceptors (Lipinski definition) is 2. The van der Waals surface area contributed by atoms with E-state index in [0.717, 1.165) is 32.7 Å². The van der Waals surface area contributed by atoms with Crippen molar-refractivity contribution in [1.82, 2.24) is 4.90 Å². The first-order valence-corrected chi connectivity index (χ1v) is 6.11. The van der Waals surface area contributed by atoms with Crippen molar-refractivity contribution in [1.29, 1.82) is 0 Å². The minimum Gasteiger partial charge on any atom is -0.379 e. The van der Waals surface area contributed by atoms with E-state index in [1.54, 1.807) is 0 Å². The summed E-state index contributed by atoms with van der Waals surface area (Å²) >= 11 is 0. The number of unbranched alkanes of at least 4 members (excludes halogenated alkanes) is 1. The van der Waals surface area contributed by atoms with Gasteiger partial charge in [-0.25, -0.2) is 0 Å². The molecule has 0 aromatic heterocycles. The number of benzene rings is 1. The molecule has 1 aliphatic rings. The number of ether oxygens (including phenoxy) is 1. The summed E-state index contributed by atoms with van der Waals surface area (Å²) in [6.45, 7) is 5.17. The molecule has 1 aliphatic heterocycles. The molecule has 0 N–H and O–H groups in total. The molecule has 0 spiro atoms. The monoisotopic (exact) mass is 218 g/mol. The molecule has 2 heteroatoms. The highest BCUT2D eigenvalue weighted by atomic mass is 16.5. The summed E-state index contributed by atoms with van der Waals surface area (Å²) in [5, 5.41) is 0. The Bertz CT molecular complexity index is 280. The van der Waals surface area contributed by atoms with Gasteiger partial charge in [0.15, 0.2) is 0 Å². The number of morpholine rings is 1. The van der Waals surface area contributed by atoms with Crippen molar-refractivity contribution in [3.8, 4) is 0 Å². The Morgan fingerprint density at radius 2 is 1.88 bits per heavy atom. The van der Waals surface area contributed by atoms with E-state index in [9.17, 15) is 0 Å². The van der Waals surface area contributed by atoms with Crippen molar-refractivity contribution >= 4 is 0 Å². The molecule has 0 saturated carbocycles. The number of hydrogen-bond donors (Lipinski definition) is 0. The Labute approximate surface area is 98.2 Å². The van der Waals surface area contributed by atoms with Crippen LogP contribution in [0.2, 0.25) is 0 Å². The average molecular weight is 218 g/mol. The molecular formula is C14H20NO. The fraction of sp³-hybridized carbons (Fsp3) is 0.500. The first-order valence-electron chi connectivity index (χ1n) is 6.11. The molecule has 1 radical (unpaired) electrons. The van der Waals surface area contributed by atoms with Crippen LogP contribution in [0.5, 0.6) is 0 Å². The molecule has 0 amide bonds. The van der Waals surface area contributed by atoms with Gasteiger partial charge in [-0.15, -0.1) is 0 Å². The molecule has 0 aliphatic carbocycles. The van der Waals surface area contributed by atoms with Crippen LogP contribution in [-0.2, 0) is 11.2 Å². The van der Waals surface area contributed by atoms with E-state index in [1.165, 1.54) is 18.5 Å². The number of rotatable bonds is 5. The minimum absolute atomic E-state index is 0.901. The van der Waals surface area contributed by atoms with Gasteiger partial charge >= 0.3 is 0 Å². The van der Waals surface area contributed by atoms with Crippen molar-refractivity contribution in [3.05, 3.63) is 42.3 Å². The fourth-order valence-electron chi connectivity index (χ4n) is 1.98. The molecule has 1 saturated heterocycles. The predicted molar refractivity (Wildman–Crippen MR) is 66.3 cm³/mol. The smallest absolute Gasteiger partial charge is 0.0594 e. The quantitative estimate of drug-likeness (QED) is 0.702. The first kappa shape index (κ1) is 11.6. The highest BCUT2D eigenvalue weighted by Gasteiger charge is 2.08. The predicted octanol–water partition coefficient (Wildman–Crippen LogP) is 2.16. The molecule has 1 heterocycles. The van der Waals surface area contributed by atoms with E-state index in [-0.39, 0.29) is 0 Å². The topological polar surface area (TPSA) is 12.5 Å². The van der Waals surface area contributed by atoms with Gasteiger partial charge in [0.25, 0.3) is 0 Å². The lowest BCUT2D eigenvalue weighted by Crippen LogP contribution is -2.36. The van der Waals surface area contributed by atoms with E-state index in [4.69, 9.17) is 4.74 Å². The van der Waals surface area contributed by atoms with Crippen LogP contribution in [0.15, 0.2) is 30.3 Å². The normalized spacial score (nSPS) is 17.5. The summed E-state index contributed by atoms with van der Waals surface area (Å²) in [5.41, 5.74) is 1.41. The molecule has 1 aromatic rings. The molecule has 1 fully saturated rings. The summed E-state index contributed by atoms with van der Waals surface area (Å²) in [6, 6.07) is 10.6. The third-order valence-corrected chi connectivity index (χ3v) is 2.98. The van der Waals surface area contributed by atoms with Gasteiger partial charge in [-0.3, -0.25) is 4.90 Å². The molecule has 1 aromatic carbocycles. The van der Waals surface area contributed by atoms with Crippen molar-refractivity contribution in [2.45, 2.75) is 12.8 Å². The van der Waals surface area contributed by atoms with Crippen LogP contribution >= 0.6 is 0 Å². The maximum absolute atomic E-state index is 5.32. The molecule has 0 bridgehead atoms. The van der Waals surface area contributed by atoms with Gasteiger partial charge < -0.3 is 4.74 Å². The Hall–Kier alpha value is -0.860. The molecular weight excluding hydrogens is 198 g/mol. The van der Waals surface area contributed by atoms with Crippen LogP contribution in [0.3, 0.4) is 0 Å². The summed E-state index contributed by atoms with van der Waals surface area (Å²) in [4.78, 5) is 2.48. The van der Waals surface area contributed by atoms with Gasteiger partial charge in [-0.2, -0.15) is 0 Å². The lowest BCUT2D eigenvalue weighted by atomic mass is 10.1. The van der Waals surface area contributed by atoms with Gasteiger partial charge in [-0.1, -0.05) is 30.3 Å². The second kappa shape index (κ2) is 6.66. The average Bonchev–Trinajstić information content (AvgIpc) is 2.37. The zero-order chi connectivity index (χ0) is 11.1. The Kier molecular flexibility index (Phi) is 4.84. The van der Waals surface area contributed by atoms with Crippen molar-refractivity contribution in [2.24, 2.45) is 0 Å². The first-order chi connectivity index (χ1) is 7.95. The Morgan fingerprint density at radius 1 is 1.12 bits per heavy atom. The van der Waals surface area contributed by atoms with E-state index in [2.05, 4.69) is 41.7 Å². The Morgan fingerprint density at radius 3 is 2.62 bits per heavy atom. The van der Waals surface area contributed by atoms with Crippen LogP contribution in [0.4, 0.5) is 0 Å². The second-order valence-electron chi connectivity index (χ2n) is 4.22. The van der Waals surface area contributed by atoms with Gasteiger partial charge in [0.05, 0.1) is 13.2 Å². The maximum Gasteiger partial charge on any atom is 0.0594 e. The molecule has 0 unspecified atom stereocenters. The molecule has 87 valence electrons. The SMILES string of the molecule is [CH](CCN1CCOCC1)Cc1ccccc1. The second-order valence-corrected chi connectivity index (χ2v) is 4.22. The molecule has 0 atom stereocenters. The van der Waals surface area contributed by atoms with Crippen molar-refractivity contribution in [2.75, 3.05) is 32.8 Å². The van der Waals surface area contributed by atoms with Crippen molar-refractivity contribution in [3.63, 3.8) is 0 Å². The molecule has 2 rings (SSSR count). The highest BCUT2D eigenvalue weighted by molar-refractivity contribution is 5.16. The lowest BCUT2D eigenvalue weighted by Gasteiger charge is -2.26. The zero-order valence-corrected chi connectivity index (χ0v) is 9.77. The standard InChI is InChI=1S/C14H20NO/c1-2-6-14(7-3-1)8-4-5-9-15-10-12-16-13-11-15/h1-4,6-7H,5,8-13H2. The van der Waals surface area contributed by atoms with Crippen LogP contribution in [0.1, 0.15) is 12.0 Å². The Balaban J connectivity index is 1.58. The van der Waals surface area contributed by atoms with E-state index in [1.807, 2.05) is 0 Å². The lowest BCUT2D eigenvalue weighted by molar-refractivity contribution is 0.0383. The van der Waals surface area contributed by atoms with E-state index in [0.29, 0.717) is 0 Å². The molecule has 2 nitrogen and oxygen atoms in total. The van der Waals surface area contributed by atoms with Gasteiger partial charge in [0.1, 0.15) is 0 Å². The van der Waals surface area contributed by atoms with Crippen molar-refractivity contribution < 1.29 is 4.74 Å². The molecule has 16 heavy (non-hydrogen) atoms. The summed E-state index contributed by atoms with van der Waals surface area (Å²) in [6.07, 6.45) is 4.64. The van der Waals surface area contributed by atoms with E-state index >= 15 is 0 Å². The summed E-state index contributed by atoms with van der Waals surface area (Å²) in [5.74, 6) is 0. The van der Waals surface area contributed by atoms with Crippen LogP contribution < -0.4 is 0 Å². The van der Waals surface area contributed by atoms with Gasteiger partial charge in [0, 0.05) is 13.1 Å². The van der Waals surface area contributed by atoms with Crippen LogP contribution in [0, 0.1) is 6.42 Å². The maximum atomic E-state index is 5.32. The highest BCUT2D eigenvalue weighted by Crippen LogP contribution is 2.05. The van der Waals surface area contributed by atoms with Gasteiger partial charge in [0.2, 0.25) is 0 Å². The van der Waals surface area contributed by atoms with Crippen LogP contribution in [-0.4, -0.2) is 37.7 Å². The summed E-state index contributed by atoms with van der Waals surface area (Å²) in [7, 11) is 0. The fourth-order valence-corrected chi connectivity index (χ4v) is 1.98. The third kappa shape index (κ3) is 3.95.